The molecule has 180 valence electrons. The Bertz CT molecular complexity index is 1510. The highest BCUT2D eigenvalue weighted by Crippen LogP contribution is 2.51. The maximum Gasteiger partial charge on any atom is 0.308 e. The van der Waals surface area contributed by atoms with Crippen LogP contribution in [0.15, 0.2) is 69.3 Å². The predicted molar refractivity (Wildman–Crippen MR) is 130 cm³/mol. The fourth-order valence-electron chi connectivity index (χ4n) is 4.27. The summed E-state index contributed by atoms with van der Waals surface area (Å²) in [5, 5.41) is 9.88. The summed E-state index contributed by atoms with van der Waals surface area (Å²) in [7, 11) is -3.86. The van der Waals surface area contributed by atoms with Crippen LogP contribution in [-0.2, 0) is 31.0 Å². The van der Waals surface area contributed by atoms with Crippen LogP contribution in [-0.4, -0.2) is 36.0 Å². The van der Waals surface area contributed by atoms with Crippen LogP contribution in [0.2, 0.25) is 0 Å². The molecule has 0 saturated carbocycles. The van der Waals surface area contributed by atoms with Gasteiger partial charge in [-0.1, -0.05) is 53.4 Å². The van der Waals surface area contributed by atoms with Crippen molar-refractivity contribution >= 4 is 56.5 Å². The average molecular weight is 531 g/mol. The number of thiazole rings is 1. The molecular weight excluding hydrogens is 512 g/mol. The number of sulfonamides is 1. The molecule has 2 unspecified atom stereocenters. The second-order valence-electron chi connectivity index (χ2n) is 8.05. The second kappa shape index (κ2) is 8.75. The molecule has 3 amide bonds. The van der Waals surface area contributed by atoms with Crippen LogP contribution in [0, 0.1) is 5.92 Å². The largest absolute Gasteiger partial charge is 0.325 e. The van der Waals surface area contributed by atoms with Crippen molar-refractivity contribution in [3.8, 4) is 0 Å². The quantitative estimate of drug-likeness (QED) is 0.417. The first-order valence-electron chi connectivity index (χ1n) is 10.4. The molecule has 0 spiro atoms. The Morgan fingerprint density at radius 2 is 1.71 bits per heavy atom. The number of primary sulfonamides is 1. The van der Waals surface area contributed by atoms with Gasteiger partial charge in [0.2, 0.25) is 27.7 Å². The molecular formula is C22H18N4O6S3. The van der Waals surface area contributed by atoms with Gasteiger partial charge < -0.3 is 5.32 Å². The Hall–Kier alpha value is -3.26. The van der Waals surface area contributed by atoms with E-state index in [0.29, 0.717) is 15.6 Å². The molecule has 3 heterocycles. The number of carbonyl (C=O) groups is 3. The molecule has 2 aliphatic rings. The molecule has 4 N–H and O–H groups in total. The van der Waals surface area contributed by atoms with E-state index in [-0.39, 0.29) is 22.2 Å². The second-order valence-corrected chi connectivity index (χ2v) is 11.7. The van der Waals surface area contributed by atoms with Crippen molar-refractivity contribution in [1.29, 1.82) is 0 Å². The van der Waals surface area contributed by atoms with Crippen molar-refractivity contribution in [3.63, 3.8) is 0 Å². The molecule has 2 aromatic carbocycles. The summed E-state index contributed by atoms with van der Waals surface area (Å²) in [6.07, 6.45) is 0. The number of benzene rings is 2. The third kappa shape index (κ3) is 4.31. The van der Waals surface area contributed by atoms with Crippen molar-refractivity contribution in [2.45, 2.75) is 27.6 Å². The van der Waals surface area contributed by atoms with Crippen molar-refractivity contribution in [2.75, 3.05) is 5.32 Å². The van der Waals surface area contributed by atoms with Crippen molar-refractivity contribution in [3.05, 3.63) is 74.7 Å². The van der Waals surface area contributed by atoms with E-state index in [1.54, 1.807) is 0 Å². The van der Waals surface area contributed by atoms with E-state index in [2.05, 4.69) is 10.6 Å². The molecule has 3 atom stereocenters. The minimum Gasteiger partial charge on any atom is -0.325 e. The smallest absolute Gasteiger partial charge is 0.308 e. The molecule has 35 heavy (non-hydrogen) atoms. The van der Waals surface area contributed by atoms with E-state index in [0.717, 1.165) is 28.7 Å². The minimum absolute atomic E-state index is 0.0964. The molecule has 3 aromatic rings. The molecule has 1 fully saturated rings. The summed E-state index contributed by atoms with van der Waals surface area (Å²) < 4.78 is 24.1. The zero-order valence-corrected chi connectivity index (χ0v) is 20.3. The third-order valence-electron chi connectivity index (χ3n) is 5.81. The first-order chi connectivity index (χ1) is 16.6. The Morgan fingerprint density at radius 3 is 2.37 bits per heavy atom. The Balaban J connectivity index is 1.46. The lowest BCUT2D eigenvalue weighted by molar-refractivity contribution is -0.126. The van der Waals surface area contributed by atoms with Crippen molar-refractivity contribution < 1.29 is 22.8 Å². The van der Waals surface area contributed by atoms with E-state index in [1.807, 2.05) is 30.3 Å². The predicted octanol–water partition coefficient (Wildman–Crippen LogP) is 1.07. The summed E-state index contributed by atoms with van der Waals surface area (Å²) in [5.41, 5.74) is 1.14. The number of nitrogens with one attached hydrogen (secondary N) is 2. The number of carbonyl (C=O) groups excluding carboxylic acids is 3. The average Bonchev–Trinajstić information content (AvgIpc) is 3.27. The van der Waals surface area contributed by atoms with E-state index < -0.39 is 38.9 Å². The van der Waals surface area contributed by atoms with E-state index in [4.69, 9.17) is 5.14 Å². The van der Waals surface area contributed by atoms with Crippen LogP contribution >= 0.6 is 23.1 Å². The summed E-state index contributed by atoms with van der Waals surface area (Å²) in [4.78, 5) is 51.0. The zero-order valence-electron chi connectivity index (χ0n) is 17.8. The highest BCUT2D eigenvalue weighted by Gasteiger charge is 2.52. The SMILES string of the molecule is NS(=O)(=O)c1ccc(NC(=O)Cn2c3c(sc2=O)[C@@H](c2ccccc2)C2C(=O)NC(=O)C2S3)cc1. The van der Waals surface area contributed by atoms with Crippen LogP contribution in [0.5, 0.6) is 0 Å². The Morgan fingerprint density at radius 1 is 1.03 bits per heavy atom. The fraction of sp³-hybridized carbons (Fsp3) is 0.182. The number of hydrogen-bond acceptors (Lipinski definition) is 8. The number of aromatic nitrogens is 1. The number of amides is 3. The minimum atomic E-state index is -3.86. The number of hydrogen-bond donors (Lipinski definition) is 3. The Kier molecular flexibility index (Phi) is 5.87. The highest BCUT2D eigenvalue weighted by molar-refractivity contribution is 8.00. The molecule has 13 heteroatoms. The van der Waals surface area contributed by atoms with Gasteiger partial charge in [-0.05, 0) is 29.8 Å². The first kappa shape index (κ1) is 23.5. The van der Waals surface area contributed by atoms with Gasteiger partial charge in [0.15, 0.2) is 0 Å². The topological polar surface area (TPSA) is 157 Å². The molecule has 0 aliphatic carbocycles. The van der Waals surface area contributed by atoms with Gasteiger partial charge in [0.1, 0.15) is 11.8 Å². The summed E-state index contributed by atoms with van der Waals surface area (Å²) in [6.45, 7) is -0.316. The molecule has 0 radical (unpaired) electrons. The number of fused-ring (bicyclic) bond motifs is 2. The van der Waals surface area contributed by atoms with E-state index in [1.165, 1.54) is 28.8 Å². The summed E-state index contributed by atoms with van der Waals surface area (Å²) in [5.74, 6) is -2.44. The van der Waals surface area contributed by atoms with Crippen LogP contribution in [0.3, 0.4) is 0 Å². The summed E-state index contributed by atoms with van der Waals surface area (Å²) in [6, 6.07) is 14.5. The fourth-order valence-corrected chi connectivity index (χ4v) is 7.52. The monoisotopic (exact) mass is 530 g/mol. The van der Waals surface area contributed by atoms with E-state index in [9.17, 15) is 27.6 Å². The first-order valence-corrected chi connectivity index (χ1v) is 13.6. The maximum absolute atomic E-state index is 12.9. The third-order valence-corrected chi connectivity index (χ3v) is 9.36. The molecule has 10 nitrogen and oxygen atoms in total. The standard InChI is InChI=1S/C22H18N4O6S3/c23-35(31,32)13-8-6-12(7-9-13)24-14(27)10-26-21-18(34-22(26)30)15(11-4-2-1-3-5-11)16-17(33-21)20(29)25-19(16)28/h1-9,15-17H,10H2,(H,24,27)(H2,23,31,32)(H,25,28,29)/t15-,16?,17?/m0/s1. The van der Waals surface area contributed by atoms with Crippen LogP contribution in [0.4, 0.5) is 5.69 Å². The van der Waals surface area contributed by atoms with Gasteiger partial charge in [0.25, 0.3) is 0 Å². The maximum atomic E-state index is 12.9. The number of imide groups is 1. The van der Waals surface area contributed by atoms with Crippen LogP contribution < -0.4 is 20.6 Å². The zero-order chi connectivity index (χ0) is 24.9. The number of nitrogens with two attached hydrogens (primary N) is 1. The molecule has 2 aliphatic heterocycles. The van der Waals surface area contributed by atoms with Crippen LogP contribution in [0.1, 0.15) is 16.4 Å². The highest BCUT2D eigenvalue weighted by atomic mass is 32.2. The lowest BCUT2D eigenvalue weighted by Crippen LogP contribution is -2.32. The van der Waals surface area contributed by atoms with Gasteiger partial charge in [-0.2, -0.15) is 0 Å². The van der Waals surface area contributed by atoms with Gasteiger partial charge in [0, 0.05) is 16.5 Å². The number of rotatable bonds is 5. The lowest BCUT2D eigenvalue weighted by Gasteiger charge is -2.30. The van der Waals surface area contributed by atoms with Crippen molar-refractivity contribution in [1.82, 2.24) is 9.88 Å². The molecule has 0 bridgehead atoms. The summed E-state index contributed by atoms with van der Waals surface area (Å²) >= 11 is 2.08. The van der Waals surface area contributed by atoms with Crippen molar-refractivity contribution in [2.24, 2.45) is 11.1 Å². The number of thioether (sulfide) groups is 1. The number of anilines is 1. The molecule has 5 rings (SSSR count). The normalized spacial score (nSPS) is 21.2. The van der Waals surface area contributed by atoms with Crippen LogP contribution in [0.25, 0.3) is 0 Å². The van der Waals surface area contributed by atoms with Gasteiger partial charge in [-0.3, -0.25) is 29.1 Å². The van der Waals surface area contributed by atoms with Gasteiger partial charge >= 0.3 is 4.87 Å². The Labute approximate surface area is 207 Å². The number of nitrogens with zero attached hydrogens (tertiary/aromatic N) is 1. The van der Waals surface area contributed by atoms with Gasteiger partial charge in [-0.15, -0.1) is 0 Å². The van der Waals surface area contributed by atoms with Gasteiger partial charge in [0.05, 0.1) is 15.8 Å². The molecule has 1 aromatic heterocycles. The molecule has 1 saturated heterocycles. The van der Waals surface area contributed by atoms with E-state index >= 15 is 0 Å². The van der Waals surface area contributed by atoms with Gasteiger partial charge in [-0.25, -0.2) is 13.6 Å². The lowest BCUT2D eigenvalue weighted by atomic mass is 9.83.